The highest BCUT2D eigenvalue weighted by Gasteiger charge is 2.27. The van der Waals surface area contributed by atoms with E-state index >= 15 is 0 Å². The molecule has 4 rings (SSSR count). The smallest absolute Gasteiger partial charge is 0.400 e. The van der Waals surface area contributed by atoms with Crippen LogP contribution in [0.25, 0.3) is 32.9 Å². The van der Waals surface area contributed by atoms with Crippen LogP contribution in [0.5, 0.6) is 0 Å². The van der Waals surface area contributed by atoms with Crippen molar-refractivity contribution in [2.45, 2.75) is 0 Å². The molecule has 0 amide bonds. The topological polar surface area (TPSA) is 56.3 Å². The van der Waals surface area contributed by atoms with Crippen molar-refractivity contribution in [1.82, 2.24) is 0 Å². The van der Waals surface area contributed by atoms with E-state index in [1.165, 1.54) is 0 Å². The molecule has 0 aliphatic rings. The van der Waals surface area contributed by atoms with Crippen molar-refractivity contribution in [1.29, 1.82) is 0 Å². The third-order valence-electron chi connectivity index (χ3n) is 3.87. The van der Waals surface area contributed by atoms with E-state index in [2.05, 4.69) is 0 Å². The summed E-state index contributed by atoms with van der Waals surface area (Å²) < 4.78 is 5.52. The molecular formula is C18H10ClNO3. The number of furan rings is 1. The minimum atomic E-state index is -0.507. The molecule has 0 unspecified atom stereocenters. The molecule has 4 aromatic rings. The van der Waals surface area contributed by atoms with Gasteiger partial charge in [-0.05, 0) is 22.9 Å². The Hall–Kier alpha value is -2.85. The van der Waals surface area contributed by atoms with Crippen LogP contribution in [0.1, 0.15) is 0 Å². The highest BCUT2D eigenvalue weighted by molar-refractivity contribution is 6.34. The zero-order chi connectivity index (χ0) is 16.0. The Bertz CT molecular complexity index is 1070. The number of nitro groups is 1. The third kappa shape index (κ3) is 2.07. The first-order valence-electron chi connectivity index (χ1n) is 7.00. The summed E-state index contributed by atoms with van der Waals surface area (Å²) in [6.07, 6.45) is 0. The second-order valence-corrected chi connectivity index (χ2v) is 5.59. The number of benzene rings is 3. The molecule has 0 saturated heterocycles. The summed E-state index contributed by atoms with van der Waals surface area (Å²) in [5.74, 6) is -0.288. The normalized spacial score (nSPS) is 11.2. The van der Waals surface area contributed by atoms with Crippen molar-refractivity contribution in [3.05, 3.63) is 75.8 Å². The molecule has 0 radical (unpaired) electrons. The van der Waals surface area contributed by atoms with Gasteiger partial charge in [0.05, 0.1) is 0 Å². The highest BCUT2D eigenvalue weighted by Crippen LogP contribution is 2.44. The number of halogens is 1. The second kappa shape index (κ2) is 5.11. The van der Waals surface area contributed by atoms with Gasteiger partial charge in [-0.1, -0.05) is 60.1 Å². The fraction of sp³-hybridized carbons (Fsp3) is 0. The lowest BCUT2D eigenvalue weighted by Crippen LogP contribution is -1.89. The fourth-order valence-corrected chi connectivity index (χ4v) is 3.13. The van der Waals surface area contributed by atoms with Crippen molar-refractivity contribution >= 4 is 39.2 Å². The first kappa shape index (κ1) is 13.8. The van der Waals surface area contributed by atoms with Crippen molar-refractivity contribution in [2.75, 3.05) is 0 Å². The molecule has 112 valence electrons. The Balaban J connectivity index is 2.24. The molecule has 1 heterocycles. The first-order valence-corrected chi connectivity index (χ1v) is 7.38. The summed E-state index contributed by atoms with van der Waals surface area (Å²) >= 11 is 6.28. The quantitative estimate of drug-likeness (QED) is 0.345. The van der Waals surface area contributed by atoms with Crippen LogP contribution >= 0.6 is 11.6 Å². The van der Waals surface area contributed by atoms with Gasteiger partial charge < -0.3 is 4.42 Å². The average molecular weight is 324 g/mol. The molecule has 5 heteroatoms. The van der Waals surface area contributed by atoms with Crippen molar-refractivity contribution in [2.24, 2.45) is 0 Å². The molecule has 0 N–H and O–H groups in total. The van der Waals surface area contributed by atoms with Crippen molar-refractivity contribution in [3.8, 4) is 11.1 Å². The van der Waals surface area contributed by atoms with E-state index in [4.69, 9.17) is 16.0 Å². The first-order chi connectivity index (χ1) is 11.2. The monoisotopic (exact) mass is 323 g/mol. The molecule has 0 aliphatic carbocycles. The highest BCUT2D eigenvalue weighted by atomic mass is 35.5. The number of hydrogen-bond donors (Lipinski definition) is 0. The summed E-state index contributed by atoms with van der Waals surface area (Å²) in [6, 6.07) is 18.4. The van der Waals surface area contributed by atoms with Crippen LogP contribution in [0.2, 0.25) is 5.02 Å². The zero-order valence-corrected chi connectivity index (χ0v) is 12.6. The van der Waals surface area contributed by atoms with E-state index in [9.17, 15) is 10.1 Å². The zero-order valence-electron chi connectivity index (χ0n) is 11.8. The Morgan fingerprint density at radius 1 is 0.957 bits per heavy atom. The molecule has 0 bridgehead atoms. The molecule has 0 aliphatic heterocycles. The van der Waals surface area contributed by atoms with E-state index in [0.717, 1.165) is 10.8 Å². The van der Waals surface area contributed by atoms with Gasteiger partial charge in [0.25, 0.3) is 0 Å². The van der Waals surface area contributed by atoms with Gasteiger partial charge in [0.2, 0.25) is 0 Å². The van der Waals surface area contributed by atoms with E-state index in [0.29, 0.717) is 27.1 Å². The van der Waals surface area contributed by atoms with E-state index in [1.54, 1.807) is 30.3 Å². The lowest BCUT2D eigenvalue weighted by molar-refractivity contribution is -0.400. The molecule has 23 heavy (non-hydrogen) atoms. The van der Waals surface area contributed by atoms with Crippen LogP contribution < -0.4 is 0 Å². The van der Waals surface area contributed by atoms with Gasteiger partial charge in [-0.2, -0.15) is 0 Å². The Kier molecular flexibility index (Phi) is 3.06. The van der Waals surface area contributed by atoms with Gasteiger partial charge in [0.1, 0.15) is 16.1 Å². The van der Waals surface area contributed by atoms with Gasteiger partial charge >= 0.3 is 5.88 Å². The van der Waals surface area contributed by atoms with Crippen LogP contribution in [-0.4, -0.2) is 4.92 Å². The maximum absolute atomic E-state index is 11.5. The number of hydrogen-bond acceptors (Lipinski definition) is 3. The molecule has 0 fully saturated rings. The summed E-state index contributed by atoms with van der Waals surface area (Å²) in [4.78, 5) is 11.0. The predicted molar refractivity (Wildman–Crippen MR) is 90.8 cm³/mol. The van der Waals surface area contributed by atoms with Crippen LogP contribution in [0.3, 0.4) is 0 Å². The van der Waals surface area contributed by atoms with E-state index in [-0.39, 0.29) is 5.88 Å². The van der Waals surface area contributed by atoms with Crippen molar-refractivity contribution in [3.63, 3.8) is 0 Å². The molecular weight excluding hydrogens is 314 g/mol. The summed E-state index contributed by atoms with van der Waals surface area (Å²) in [7, 11) is 0. The molecule has 1 aromatic heterocycles. The Morgan fingerprint density at radius 3 is 2.48 bits per heavy atom. The van der Waals surface area contributed by atoms with E-state index < -0.39 is 4.92 Å². The van der Waals surface area contributed by atoms with Gasteiger partial charge in [-0.15, -0.1) is 0 Å². The molecule has 3 aromatic carbocycles. The summed E-state index contributed by atoms with van der Waals surface area (Å²) in [6.45, 7) is 0. The number of rotatable bonds is 2. The molecule has 0 atom stereocenters. The lowest BCUT2D eigenvalue weighted by atomic mass is 9.99. The largest absolute Gasteiger partial charge is 0.442 e. The maximum Gasteiger partial charge on any atom is 0.442 e. The SMILES string of the molecule is O=[N+]([O-])c1oc2ccc3ccccc3c2c1-c1ccccc1Cl. The van der Waals surface area contributed by atoms with Gasteiger partial charge in [-0.3, -0.25) is 10.1 Å². The van der Waals surface area contributed by atoms with Gasteiger partial charge in [0, 0.05) is 16.0 Å². The van der Waals surface area contributed by atoms with Gasteiger partial charge in [0.15, 0.2) is 0 Å². The van der Waals surface area contributed by atoms with E-state index in [1.807, 2.05) is 30.3 Å². The van der Waals surface area contributed by atoms with Crippen LogP contribution in [0.15, 0.2) is 65.1 Å². The third-order valence-corrected chi connectivity index (χ3v) is 4.20. The molecule has 0 spiro atoms. The van der Waals surface area contributed by atoms with Crippen LogP contribution in [0, 0.1) is 10.1 Å². The molecule has 4 nitrogen and oxygen atoms in total. The average Bonchev–Trinajstić information content (AvgIpc) is 2.95. The second-order valence-electron chi connectivity index (χ2n) is 5.18. The number of fused-ring (bicyclic) bond motifs is 3. The van der Waals surface area contributed by atoms with Crippen LogP contribution in [-0.2, 0) is 0 Å². The Morgan fingerprint density at radius 2 is 1.70 bits per heavy atom. The minimum absolute atomic E-state index is 0.288. The molecule has 0 saturated carbocycles. The minimum Gasteiger partial charge on any atom is -0.400 e. The van der Waals surface area contributed by atoms with Gasteiger partial charge in [-0.25, -0.2) is 0 Å². The summed E-state index contributed by atoms with van der Waals surface area (Å²) in [5.41, 5.74) is 1.49. The van der Waals surface area contributed by atoms with Crippen molar-refractivity contribution < 1.29 is 9.34 Å². The number of nitrogens with zero attached hydrogens (tertiary/aromatic N) is 1. The Labute approximate surface area is 136 Å². The maximum atomic E-state index is 11.5. The lowest BCUT2D eigenvalue weighted by Gasteiger charge is -2.03. The predicted octanol–water partition coefficient (Wildman–Crippen LogP) is 5.81. The summed E-state index contributed by atoms with van der Waals surface area (Å²) in [5, 5.41) is 14.5. The fourth-order valence-electron chi connectivity index (χ4n) is 2.90. The standard InChI is InChI=1S/C18H10ClNO3/c19-14-8-4-3-7-13(14)17-16-12-6-2-1-5-11(12)9-10-15(16)23-18(17)20(21)22/h1-10H. The van der Waals surface area contributed by atoms with Crippen LogP contribution in [0.4, 0.5) is 5.88 Å².